The minimum atomic E-state index is -0.333. The van der Waals surface area contributed by atoms with Crippen LogP contribution in [-0.4, -0.2) is 24.6 Å². The van der Waals surface area contributed by atoms with E-state index in [0.717, 1.165) is 11.3 Å². The van der Waals surface area contributed by atoms with Gasteiger partial charge in [0.05, 0.1) is 25.9 Å². The third kappa shape index (κ3) is 5.95. The zero-order chi connectivity index (χ0) is 16.5. The molecule has 2 rings (SSSR count). The van der Waals surface area contributed by atoms with Gasteiger partial charge in [-0.1, -0.05) is 18.2 Å². The molecule has 7 heteroatoms. The van der Waals surface area contributed by atoms with Gasteiger partial charge >= 0.3 is 0 Å². The lowest BCUT2D eigenvalue weighted by Gasteiger charge is -2.12. The fourth-order valence-corrected chi connectivity index (χ4v) is 2.06. The van der Waals surface area contributed by atoms with Crippen molar-refractivity contribution in [2.45, 2.75) is 20.0 Å². The second kappa shape index (κ2) is 10.8. The average Bonchev–Trinajstić information content (AvgIpc) is 2.59. The van der Waals surface area contributed by atoms with Crippen LogP contribution in [0.3, 0.4) is 0 Å². The summed E-state index contributed by atoms with van der Waals surface area (Å²) < 4.78 is 18.9. The molecule has 1 aromatic heterocycles. The molecule has 0 saturated carbocycles. The molecule has 1 heterocycles. The molecule has 0 atom stereocenters. The Morgan fingerprint density at radius 2 is 2.00 bits per heavy atom. The fourth-order valence-electron chi connectivity index (χ4n) is 2.06. The predicted octanol–water partition coefficient (Wildman–Crippen LogP) is 3.10. The van der Waals surface area contributed by atoms with Gasteiger partial charge in [-0.05, 0) is 25.1 Å². The van der Waals surface area contributed by atoms with E-state index in [1.54, 1.807) is 19.4 Å². The number of hydrogen-bond acceptors (Lipinski definition) is 3. The molecular formula is C17H22FIN4O. The average molecular weight is 444 g/mol. The Hall–Kier alpha value is -1.90. The fraction of sp³-hybridized carbons (Fsp3) is 0.294. The number of guanidine groups is 1. The van der Waals surface area contributed by atoms with Gasteiger partial charge < -0.3 is 15.4 Å². The third-order valence-corrected chi connectivity index (χ3v) is 3.20. The SMILES string of the molecule is CCNC(=NCc1ccccc1OC)NCc1ncccc1F.I. The van der Waals surface area contributed by atoms with Crippen molar-refractivity contribution < 1.29 is 9.13 Å². The number of para-hydroxylation sites is 1. The van der Waals surface area contributed by atoms with Gasteiger partial charge in [-0.3, -0.25) is 4.98 Å². The highest BCUT2D eigenvalue weighted by Gasteiger charge is 2.05. The third-order valence-electron chi connectivity index (χ3n) is 3.20. The molecule has 5 nitrogen and oxygen atoms in total. The first-order chi connectivity index (χ1) is 11.2. The number of rotatable bonds is 6. The topological polar surface area (TPSA) is 58.5 Å². The summed E-state index contributed by atoms with van der Waals surface area (Å²) in [4.78, 5) is 8.52. The number of aliphatic imine (C=N–C) groups is 1. The molecule has 0 spiro atoms. The summed E-state index contributed by atoms with van der Waals surface area (Å²) >= 11 is 0. The van der Waals surface area contributed by atoms with Crippen LogP contribution in [0.15, 0.2) is 47.6 Å². The van der Waals surface area contributed by atoms with E-state index in [2.05, 4.69) is 20.6 Å². The molecule has 0 saturated heterocycles. The van der Waals surface area contributed by atoms with Crippen LogP contribution in [0.5, 0.6) is 5.75 Å². The smallest absolute Gasteiger partial charge is 0.191 e. The number of benzene rings is 1. The van der Waals surface area contributed by atoms with Crippen molar-refractivity contribution in [1.29, 1.82) is 0 Å². The predicted molar refractivity (Wildman–Crippen MR) is 104 cm³/mol. The quantitative estimate of drug-likeness (QED) is 0.409. The lowest BCUT2D eigenvalue weighted by Crippen LogP contribution is -2.37. The number of methoxy groups -OCH3 is 1. The molecule has 0 fully saturated rings. The summed E-state index contributed by atoms with van der Waals surface area (Å²) in [5.74, 6) is 1.06. The Kier molecular flexibility index (Phi) is 9.06. The molecule has 2 N–H and O–H groups in total. The molecule has 1 aromatic carbocycles. The standard InChI is InChI=1S/C17H21FN4O.HI/c1-3-19-17(22-12-15-14(18)8-6-10-20-15)21-11-13-7-4-5-9-16(13)23-2;/h4-10H,3,11-12H2,1-2H3,(H2,19,21,22);1H. The molecule has 0 radical (unpaired) electrons. The first kappa shape index (κ1) is 20.1. The van der Waals surface area contributed by atoms with Crippen LogP contribution < -0.4 is 15.4 Å². The second-order valence-corrected chi connectivity index (χ2v) is 4.79. The van der Waals surface area contributed by atoms with Gasteiger partial charge in [0.1, 0.15) is 11.6 Å². The maximum absolute atomic E-state index is 13.6. The Morgan fingerprint density at radius 1 is 1.21 bits per heavy atom. The van der Waals surface area contributed by atoms with Crippen LogP contribution >= 0.6 is 24.0 Å². The maximum atomic E-state index is 13.6. The summed E-state index contributed by atoms with van der Waals surface area (Å²) in [6.07, 6.45) is 1.57. The van der Waals surface area contributed by atoms with Gasteiger partial charge in [-0.2, -0.15) is 0 Å². The van der Waals surface area contributed by atoms with E-state index in [9.17, 15) is 4.39 Å². The largest absolute Gasteiger partial charge is 0.496 e. The summed E-state index contributed by atoms with van der Waals surface area (Å²) in [6, 6.07) is 10.7. The first-order valence-corrected chi connectivity index (χ1v) is 7.48. The second-order valence-electron chi connectivity index (χ2n) is 4.79. The Morgan fingerprint density at radius 3 is 2.71 bits per heavy atom. The number of ether oxygens (including phenoxy) is 1. The van der Waals surface area contributed by atoms with E-state index in [4.69, 9.17) is 4.74 Å². The molecular weight excluding hydrogens is 422 g/mol. The molecule has 2 aromatic rings. The van der Waals surface area contributed by atoms with Crippen molar-refractivity contribution in [1.82, 2.24) is 15.6 Å². The van der Waals surface area contributed by atoms with Crippen LogP contribution in [0.1, 0.15) is 18.2 Å². The van der Waals surface area contributed by atoms with Crippen molar-refractivity contribution in [3.05, 3.63) is 59.7 Å². The normalized spacial score (nSPS) is 10.7. The number of halogens is 2. The zero-order valence-electron chi connectivity index (χ0n) is 13.8. The van der Waals surface area contributed by atoms with Gasteiger partial charge in [0.2, 0.25) is 0 Å². The van der Waals surface area contributed by atoms with Gasteiger partial charge in [-0.15, -0.1) is 24.0 Å². The van der Waals surface area contributed by atoms with Crippen LogP contribution in [0, 0.1) is 5.82 Å². The van der Waals surface area contributed by atoms with E-state index in [-0.39, 0.29) is 36.3 Å². The van der Waals surface area contributed by atoms with Crippen molar-refractivity contribution in [2.24, 2.45) is 4.99 Å². The minimum absolute atomic E-state index is 0. The molecule has 0 amide bonds. The first-order valence-electron chi connectivity index (χ1n) is 7.48. The van der Waals surface area contributed by atoms with E-state index in [1.165, 1.54) is 6.07 Å². The number of nitrogens with one attached hydrogen (secondary N) is 2. The lowest BCUT2D eigenvalue weighted by molar-refractivity contribution is 0.410. The summed E-state index contributed by atoms with van der Waals surface area (Å²) in [5.41, 5.74) is 1.34. The summed E-state index contributed by atoms with van der Waals surface area (Å²) in [5, 5.41) is 6.21. The number of hydrogen-bond donors (Lipinski definition) is 2. The highest BCUT2D eigenvalue weighted by molar-refractivity contribution is 14.0. The van der Waals surface area contributed by atoms with Crippen LogP contribution in [-0.2, 0) is 13.1 Å². The lowest BCUT2D eigenvalue weighted by atomic mass is 10.2. The molecule has 0 aliphatic rings. The maximum Gasteiger partial charge on any atom is 0.191 e. The van der Waals surface area contributed by atoms with E-state index in [1.807, 2.05) is 31.2 Å². The Bertz CT molecular complexity index is 667. The molecule has 130 valence electrons. The van der Waals surface area contributed by atoms with E-state index < -0.39 is 0 Å². The van der Waals surface area contributed by atoms with Crippen LogP contribution in [0.2, 0.25) is 0 Å². The number of nitrogens with zero attached hydrogens (tertiary/aromatic N) is 2. The minimum Gasteiger partial charge on any atom is -0.496 e. The van der Waals surface area contributed by atoms with E-state index in [0.29, 0.717) is 24.7 Å². The monoisotopic (exact) mass is 444 g/mol. The van der Waals surface area contributed by atoms with Crippen molar-refractivity contribution in [2.75, 3.05) is 13.7 Å². The molecule has 24 heavy (non-hydrogen) atoms. The Labute approximate surface area is 158 Å². The van der Waals surface area contributed by atoms with Crippen LogP contribution in [0.25, 0.3) is 0 Å². The van der Waals surface area contributed by atoms with Crippen LogP contribution in [0.4, 0.5) is 4.39 Å². The zero-order valence-corrected chi connectivity index (χ0v) is 16.1. The Balaban J connectivity index is 0.00000288. The van der Waals surface area contributed by atoms with E-state index >= 15 is 0 Å². The number of aromatic nitrogens is 1. The summed E-state index contributed by atoms with van der Waals surface area (Å²) in [6.45, 7) is 3.42. The summed E-state index contributed by atoms with van der Waals surface area (Å²) in [7, 11) is 1.63. The molecule has 0 bridgehead atoms. The van der Waals surface area contributed by atoms with Gasteiger partial charge in [-0.25, -0.2) is 9.38 Å². The highest BCUT2D eigenvalue weighted by atomic mass is 127. The van der Waals surface area contributed by atoms with Gasteiger partial charge in [0.15, 0.2) is 5.96 Å². The number of pyridine rings is 1. The van der Waals surface area contributed by atoms with Crippen molar-refractivity contribution in [3.63, 3.8) is 0 Å². The highest BCUT2D eigenvalue weighted by Crippen LogP contribution is 2.17. The molecule has 0 unspecified atom stereocenters. The molecule has 0 aliphatic heterocycles. The van der Waals surface area contributed by atoms with Crippen molar-refractivity contribution in [3.8, 4) is 5.75 Å². The molecule has 0 aliphatic carbocycles. The van der Waals surface area contributed by atoms with Gasteiger partial charge in [0, 0.05) is 18.3 Å². The van der Waals surface area contributed by atoms with Crippen molar-refractivity contribution >= 4 is 29.9 Å². The van der Waals surface area contributed by atoms with Gasteiger partial charge in [0.25, 0.3) is 0 Å².